The molecule has 0 aliphatic carbocycles. The molecule has 1 fully saturated rings. The van der Waals surface area contributed by atoms with Crippen LogP contribution in [0.4, 0.5) is 0 Å². The van der Waals surface area contributed by atoms with Gasteiger partial charge >= 0.3 is 0 Å². The molecule has 0 bridgehead atoms. The van der Waals surface area contributed by atoms with Crippen molar-refractivity contribution in [3.05, 3.63) is 34.3 Å². The zero-order chi connectivity index (χ0) is 15.1. The predicted molar refractivity (Wildman–Crippen MR) is 91.5 cm³/mol. The molecule has 1 aromatic rings. The van der Waals surface area contributed by atoms with Crippen molar-refractivity contribution in [1.82, 2.24) is 10.2 Å². The van der Waals surface area contributed by atoms with Gasteiger partial charge in [0, 0.05) is 37.3 Å². The van der Waals surface area contributed by atoms with E-state index in [1.807, 2.05) is 0 Å². The van der Waals surface area contributed by atoms with Gasteiger partial charge in [-0.3, -0.25) is 0 Å². The van der Waals surface area contributed by atoms with E-state index in [2.05, 4.69) is 64.4 Å². The molecule has 4 heteroatoms. The fourth-order valence-corrected chi connectivity index (χ4v) is 3.38. The molecule has 2 rings (SSSR count). The molecule has 0 aromatic heterocycles. The van der Waals surface area contributed by atoms with Gasteiger partial charge in [0.05, 0.1) is 0 Å². The molecule has 118 valence electrons. The summed E-state index contributed by atoms with van der Waals surface area (Å²) >= 11 is 3.49. The number of halogens is 1. The van der Waals surface area contributed by atoms with Gasteiger partial charge in [-0.05, 0) is 49.5 Å². The predicted octanol–water partition coefficient (Wildman–Crippen LogP) is 3.29. The zero-order valence-corrected chi connectivity index (χ0v) is 14.8. The van der Waals surface area contributed by atoms with Crippen molar-refractivity contribution in [2.24, 2.45) is 5.41 Å². The average Bonchev–Trinajstić information content (AvgIpc) is 2.48. The van der Waals surface area contributed by atoms with E-state index in [9.17, 15) is 0 Å². The summed E-state index contributed by atoms with van der Waals surface area (Å²) in [6.45, 7) is 8.24. The maximum atomic E-state index is 5.57. The van der Waals surface area contributed by atoms with Crippen molar-refractivity contribution < 1.29 is 4.74 Å². The molecule has 0 radical (unpaired) electrons. The van der Waals surface area contributed by atoms with Gasteiger partial charge < -0.3 is 15.0 Å². The Bertz CT molecular complexity index is 415. The van der Waals surface area contributed by atoms with Crippen LogP contribution in [0.3, 0.4) is 0 Å². The van der Waals surface area contributed by atoms with Crippen molar-refractivity contribution in [3.63, 3.8) is 0 Å². The summed E-state index contributed by atoms with van der Waals surface area (Å²) in [6.07, 6.45) is 2.31. The Morgan fingerprint density at radius 3 is 2.52 bits per heavy atom. The molecule has 21 heavy (non-hydrogen) atoms. The SMILES string of the molecule is CCNCC1(CN(C)Cc2ccc(Br)cc2)CCOCC1. The van der Waals surface area contributed by atoms with Gasteiger partial charge in [-0.1, -0.05) is 35.0 Å². The second-order valence-corrected chi connectivity index (χ2v) is 7.11. The van der Waals surface area contributed by atoms with Gasteiger partial charge in [-0.25, -0.2) is 0 Å². The second-order valence-electron chi connectivity index (χ2n) is 6.19. The van der Waals surface area contributed by atoms with E-state index < -0.39 is 0 Å². The molecule has 1 aliphatic rings. The van der Waals surface area contributed by atoms with Crippen LogP contribution in [0.25, 0.3) is 0 Å². The van der Waals surface area contributed by atoms with E-state index >= 15 is 0 Å². The number of benzene rings is 1. The largest absolute Gasteiger partial charge is 0.381 e. The zero-order valence-electron chi connectivity index (χ0n) is 13.2. The highest BCUT2D eigenvalue weighted by Gasteiger charge is 2.33. The smallest absolute Gasteiger partial charge is 0.0472 e. The fraction of sp³-hybridized carbons (Fsp3) is 0.647. The van der Waals surface area contributed by atoms with Gasteiger partial charge in [0.25, 0.3) is 0 Å². The Kier molecular flexibility index (Phi) is 6.68. The number of rotatable bonds is 7. The topological polar surface area (TPSA) is 24.5 Å². The summed E-state index contributed by atoms with van der Waals surface area (Å²) in [5.74, 6) is 0. The summed E-state index contributed by atoms with van der Waals surface area (Å²) in [5, 5.41) is 3.55. The number of ether oxygens (including phenoxy) is 1. The van der Waals surface area contributed by atoms with Crippen molar-refractivity contribution in [3.8, 4) is 0 Å². The van der Waals surface area contributed by atoms with Gasteiger partial charge in [-0.15, -0.1) is 0 Å². The summed E-state index contributed by atoms with van der Waals surface area (Å²) in [6, 6.07) is 8.63. The molecule has 0 unspecified atom stereocenters. The van der Waals surface area contributed by atoms with Crippen LogP contribution in [0, 0.1) is 5.41 Å². The lowest BCUT2D eigenvalue weighted by Gasteiger charge is -2.40. The molecule has 1 N–H and O–H groups in total. The highest BCUT2D eigenvalue weighted by atomic mass is 79.9. The Morgan fingerprint density at radius 2 is 1.90 bits per heavy atom. The Morgan fingerprint density at radius 1 is 1.24 bits per heavy atom. The first-order valence-corrected chi connectivity index (χ1v) is 8.64. The van der Waals surface area contributed by atoms with E-state index in [1.165, 1.54) is 5.56 Å². The van der Waals surface area contributed by atoms with Gasteiger partial charge in [0.1, 0.15) is 0 Å². The third kappa shape index (κ3) is 5.37. The Labute approximate surface area is 137 Å². The lowest BCUT2D eigenvalue weighted by molar-refractivity contribution is -0.00139. The molecule has 3 nitrogen and oxygen atoms in total. The number of nitrogens with one attached hydrogen (secondary N) is 1. The minimum absolute atomic E-state index is 0.359. The van der Waals surface area contributed by atoms with E-state index in [-0.39, 0.29) is 0 Å². The molecule has 0 spiro atoms. The first kappa shape index (κ1) is 16.9. The van der Waals surface area contributed by atoms with E-state index in [0.29, 0.717) is 5.41 Å². The normalized spacial score (nSPS) is 18.1. The molecule has 0 atom stereocenters. The van der Waals surface area contributed by atoms with Crippen molar-refractivity contribution in [1.29, 1.82) is 0 Å². The van der Waals surface area contributed by atoms with Crippen LogP contribution >= 0.6 is 15.9 Å². The lowest BCUT2D eigenvalue weighted by Crippen LogP contribution is -2.46. The quantitative estimate of drug-likeness (QED) is 0.812. The third-order valence-electron chi connectivity index (χ3n) is 4.27. The third-order valence-corrected chi connectivity index (χ3v) is 4.80. The summed E-state index contributed by atoms with van der Waals surface area (Å²) in [5.41, 5.74) is 1.73. The second kappa shape index (κ2) is 8.28. The highest BCUT2D eigenvalue weighted by Crippen LogP contribution is 2.31. The minimum atomic E-state index is 0.359. The minimum Gasteiger partial charge on any atom is -0.381 e. The number of nitrogens with zero attached hydrogens (tertiary/aromatic N) is 1. The summed E-state index contributed by atoms with van der Waals surface area (Å²) in [4.78, 5) is 2.45. The maximum absolute atomic E-state index is 5.57. The fourth-order valence-electron chi connectivity index (χ4n) is 3.12. The molecule has 1 aliphatic heterocycles. The van der Waals surface area contributed by atoms with Gasteiger partial charge in [-0.2, -0.15) is 0 Å². The Balaban J connectivity index is 1.93. The van der Waals surface area contributed by atoms with E-state index in [0.717, 1.165) is 56.7 Å². The van der Waals surface area contributed by atoms with Crippen LogP contribution in [-0.4, -0.2) is 44.8 Å². The van der Waals surface area contributed by atoms with Crippen LogP contribution in [0.15, 0.2) is 28.7 Å². The van der Waals surface area contributed by atoms with Crippen molar-refractivity contribution >= 4 is 15.9 Å². The first-order valence-electron chi connectivity index (χ1n) is 7.85. The summed E-state index contributed by atoms with van der Waals surface area (Å²) < 4.78 is 6.71. The standard InChI is InChI=1S/C17H27BrN2O/c1-3-19-13-17(8-10-21-11-9-17)14-20(2)12-15-4-6-16(18)7-5-15/h4-7,19H,3,8-14H2,1-2H3. The number of hydrogen-bond acceptors (Lipinski definition) is 3. The van der Waals surface area contributed by atoms with Gasteiger partial charge in [0.2, 0.25) is 0 Å². The monoisotopic (exact) mass is 354 g/mol. The molecule has 0 amide bonds. The molecular formula is C17H27BrN2O. The van der Waals surface area contributed by atoms with E-state index in [4.69, 9.17) is 4.74 Å². The number of hydrogen-bond donors (Lipinski definition) is 1. The van der Waals surface area contributed by atoms with Crippen LogP contribution in [0.2, 0.25) is 0 Å². The summed E-state index contributed by atoms with van der Waals surface area (Å²) in [7, 11) is 2.23. The molecule has 1 heterocycles. The van der Waals surface area contributed by atoms with Crippen LogP contribution in [0.5, 0.6) is 0 Å². The van der Waals surface area contributed by atoms with Gasteiger partial charge in [0.15, 0.2) is 0 Å². The lowest BCUT2D eigenvalue weighted by atomic mass is 9.79. The van der Waals surface area contributed by atoms with Crippen molar-refractivity contribution in [2.45, 2.75) is 26.3 Å². The van der Waals surface area contributed by atoms with E-state index in [1.54, 1.807) is 0 Å². The molecule has 1 aromatic carbocycles. The van der Waals surface area contributed by atoms with Crippen LogP contribution in [-0.2, 0) is 11.3 Å². The molecule has 0 saturated carbocycles. The Hall–Kier alpha value is -0.420. The van der Waals surface area contributed by atoms with Crippen LogP contribution < -0.4 is 5.32 Å². The van der Waals surface area contributed by atoms with Crippen LogP contribution in [0.1, 0.15) is 25.3 Å². The first-order chi connectivity index (χ1) is 10.1. The molecular weight excluding hydrogens is 328 g/mol. The van der Waals surface area contributed by atoms with Crippen molar-refractivity contribution in [2.75, 3.05) is 39.9 Å². The molecule has 1 saturated heterocycles. The highest BCUT2D eigenvalue weighted by molar-refractivity contribution is 9.10. The average molecular weight is 355 g/mol. The maximum Gasteiger partial charge on any atom is 0.0472 e.